The molecule has 0 aliphatic carbocycles. The Morgan fingerprint density at radius 3 is 2.23 bits per heavy atom. The summed E-state index contributed by atoms with van der Waals surface area (Å²) < 4.78 is 10.6. The van der Waals surface area contributed by atoms with Crippen molar-refractivity contribution in [3.8, 4) is 18.1 Å². The minimum atomic E-state index is -1.38. The average Bonchev–Trinajstić information content (AvgIpc) is 2.95. The number of nitrogens with two attached hydrogens (primary N) is 1. The first-order valence-corrected chi connectivity index (χ1v) is 14.5. The average molecular weight is 593 g/mol. The summed E-state index contributed by atoms with van der Waals surface area (Å²) in [5.74, 6) is 1.23. The van der Waals surface area contributed by atoms with Crippen LogP contribution in [0.2, 0.25) is 0 Å². The van der Waals surface area contributed by atoms with Crippen LogP contribution in [-0.4, -0.2) is 54.0 Å². The number of methoxy groups -OCH3 is 1. The number of rotatable bonds is 15. The second-order valence-electron chi connectivity index (χ2n) is 11.2. The van der Waals surface area contributed by atoms with Crippen LogP contribution in [0.1, 0.15) is 83.4 Å². The van der Waals surface area contributed by atoms with Gasteiger partial charge in [0.1, 0.15) is 23.4 Å². The number of unbranched alkanes of at least 4 members (excludes halogenated alkanes) is 4. The number of alkyl carbamates (subject to hydrolysis) is 1. The van der Waals surface area contributed by atoms with Crippen molar-refractivity contribution in [2.45, 2.75) is 83.9 Å². The number of carbonyl (C=O) groups excluding carboxylic acids is 4. The number of terminal acetylenes is 1. The van der Waals surface area contributed by atoms with Crippen LogP contribution >= 0.6 is 0 Å². The molecule has 43 heavy (non-hydrogen) atoms. The van der Waals surface area contributed by atoms with Gasteiger partial charge in [-0.05, 0) is 63.1 Å². The van der Waals surface area contributed by atoms with Crippen LogP contribution in [0, 0.1) is 12.3 Å². The molecular formula is C33H44N4O6. The van der Waals surface area contributed by atoms with E-state index in [2.05, 4.69) is 23.5 Å². The number of benzene rings is 2. The lowest BCUT2D eigenvalue weighted by Gasteiger charge is -2.35. The minimum Gasteiger partial charge on any atom is -0.497 e. The van der Waals surface area contributed by atoms with Gasteiger partial charge in [0.15, 0.2) is 0 Å². The Balaban J connectivity index is 2.59. The van der Waals surface area contributed by atoms with E-state index in [-0.39, 0.29) is 6.54 Å². The highest BCUT2D eigenvalue weighted by molar-refractivity contribution is 6.00. The molecule has 4 N–H and O–H groups in total. The van der Waals surface area contributed by atoms with Crippen LogP contribution < -0.4 is 21.1 Å². The van der Waals surface area contributed by atoms with Gasteiger partial charge in [-0.15, -0.1) is 6.42 Å². The molecule has 0 spiro atoms. The molecule has 2 unspecified atom stereocenters. The summed E-state index contributed by atoms with van der Waals surface area (Å²) in [5.41, 5.74) is 5.96. The maximum atomic E-state index is 14.3. The molecular weight excluding hydrogens is 548 g/mol. The molecule has 2 aromatic carbocycles. The molecule has 0 aliphatic rings. The van der Waals surface area contributed by atoms with E-state index in [9.17, 15) is 19.2 Å². The number of hydrogen-bond acceptors (Lipinski definition) is 6. The molecule has 0 fully saturated rings. The summed E-state index contributed by atoms with van der Waals surface area (Å²) in [5, 5.41) is 5.37. The number of anilines is 1. The van der Waals surface area contributed by atoms with Crippen molar-refractivity contribution >= 4 is 29.5 Å². The maximum absolute atomic E-state index is 14.3. The van der Waals surface area contributed by atoms with E-state index in [0.29, 0.717) is 29.0 Å². The summed E-state index contributed by atoms with van der Waals surface area (Å²) in [6.07, 6.45) is 8.83. The first kappa shape index (κ1) is 34.7. The zero-order valence-electron chi connectivity index (χ0n) is 25.8. The second kappa shape index (κ2) is 16.8. The third kappa shape index (κ3) is 11.3. The highest BCUT2D eigenvalue weighted by Gasteiger charge is 2.37. The minimum absolute atomic E-state index is 0.160. The van der Waals surface area contributed by atoms with E-state index >= 15 is 0 Å². The van der Waals surface area contributed by atoms with Crippen molar-refractivity contribution in [2.75, 3.05) is 19.0 Å². The maximum Gasteiger partial charge on any atom is 0.408 e. The van der Waals surface area contributed by atoms with E-state index in [1.807, 2.05) is 0 Å². The number of primary amides is 1. The van der Waals surface area contributed by atoms with Gasteiger partial charge in [-0.25, -0.2) is 4.79 Å². The van der Waals surface area contributed by atoms with Crippen molar-refractivity contribution < 1.29 is 28.7 Å². The van der Waals surface area contributed by atoms with Gasteiger partial charge in [0.2, 0.25) is 11.8 Å². The largest absolute Gasteiger partial charge is 0.497 e. The van der Waals surface area contributed by atoms with Crippen LogP contribution in [0.25, 0.3) is 0 Å². The Kier molecular flexibility index (Phi) is 13.6. The van der Waals surface area contributed by atoms with Crippen LogP contribution in [0.3, 0.4) is 0 Å². The monoisotopic (exact) mass is 592 g/mol. The fourth-order valence-electron chi connectivity index (χ4n) is 4.51. The third-order valence-electron chi connectivity index (χ3n) is 6.51. The molecule has 0 aromatic heterocycles. The molecule has 4 amide bonds. The van der Waals surface area contributed by atoms with Gasteiger partial charge in [0, 0.05) is 17.8 Å². The Bertz CT molecular complexity index is 1280. The molecule has 0 aliphatic heterocycles. The lowest BCUT2D eigenvalue weighted by atomic mass is 9.96. The first-order valence-electron chi connectivity index (χ1n) is 14.5. The topological polar surface area (TPSA) is 140 Å². The molecule has 0 saturated heterocycles. The lowest BCUT2D eigenvalue weighted by Crippen LogP contribution is -2.53. The van der Waals surface area contributed by atoms with Gasteiger partial charge < -0.3 is 30.7 Å². The van der Waals surface area contributed by atoms with Crippen LogP contribution in [-0.2, 0) is 19.1 Å². The summed E-state index contributed by atoms with van der Waals surface area (Å²) in [6, 6.07) is 11.0. The van der Waals surface area contributed by atoms with E-state index in [4.69, 9.17) is 21.6 Å². The molecule has 0 radical (unpaired) electrons. The Labute approximate surface area is 254 Å². The SMILES string of the molecule is C#Cc1ccccc1C(C(=O)Nc1ccc(OC)cc1)N(CCCCCCC)C(=O)C(CC(N)=O)NC(=O)OC(C)(C)C. The van der Waals surface area contributed by atoms with Crippen molar-refractivity contribution in [3.05, 3.63) is 59.7 Å². The lowest BCUT2D eigenvalue weighted by molar-refractivity contribution is -0.142. The zero-order chi connectivity index (χ0) is 32.0. The van der Waals surface area contributed by atoms with E-state index in [1.165, 1.54) is 12.0 Å². The summed E-state index contributed by atoms with van der Waals surface area (Å²) in [7, 11) is 1.54. The fraction of sp³-hybridized carbons (Fsp3) is 0.455. The Morgan fingerprint density at radius 2 is 1.65 bits per heavy atom. The highest BCUT2D eigenvalue weighted by atomic mass is 16.6. The Morgan fingerprint density at radius 1 is 1.00 bits per heavy atom. The number of ether oxygens (including phenoxy) is 2. The van der Waals surface area contributed by atoms with Gasteiger partial charge in [-0.2, -0.15) is 0 Å². The normalized spacial score (nSPS) is 12.3. The van der Waals surface area contributed by atoms with Crippen molar-refractivity contribution in [2.24, 2.45) is 5.73 Å². The van der Waals surface area contributed by atoms with Crippen LogP contribution in [0.15, 0.2) is 48.5 Å². The molecule has 0 heterocycles. The predicted molar refractivity (Wildman–Crippen MR) is 166 cm³/mol. The fourth-order valence-corrected chi connectivity index (χ4v) is 4.51. The van der Waals surface area contributed by atoms with Crippen molar-refractivity contribution in [1.82, 2.24) is 10.2 Å². The summed E-state index contributed by atoms with van der Waals surface area (Å²) in [4.78, 5) is 54.4. The number of hydrogen-bond donors (Lipinski definition) is 3. The quantitative estimate of drug-likeness (QED) is 0.198. The molecule has 0 saturated carbocycles. The summed E-state index contributed by atoms with van der Waals surface area (Å²) >= 11 is 0. The molecule has 10 heteroatoms. The van der Waals surface area contributed by atoms with Crippen molar-refractivity contribution in [1.29, 1.82) is 0 Å². The van der Waals surface area contributed by atoms with E-state index in [0.717, 1.165) is 25.7 Å². The van der Waals surface area contributed by atoms with Gasteiger partial charge in [-0.1, -0.05) is 56.7 Å². The van der Waals surface area contributed by atoms with Gasteiger partial charge in [0.05, 0.1) is 13.5 Å². The number of amides is 4. The number of nitrogens with one attached hydrogen (secondary N) is 2. The predicted octanol–water partition coefficient (Wildman–Crippen LogP) is 4.92. The number of carbonyl (C=O) groups is 4. The van der Waals surface area contributed by atoms with E-state index < -0.39 is 47.9 Å². The van der Waals surface area contributed by atoms with Crippen LogP contribution in [0.5, 0.6) is 5.75 Å². The van der Waals surface area contributed by atoms with Gasteiger partial charge in [0.25, 0.3) is 5.91 Å². The van der Waals surface area contributed by atoms with Crippen molar-refractivity contribution in [3.63, 3.8) is 0 Å². The Hall–Kier alpha value is -4.52. The molecule has 0 bridgehead atoms. The van der Waals surface area contributed by atoms with E-state index in [1.54, 1.807) is 69.3 Å². The highest BCUT2D eigenvalue weighted by Crippen LogP contribution is 2.28. The summed E-state index contributed by atoms with van der Waals surface area (Å²) in [6.45, 7) is 7.29. The zero-order valence-corrected chi connectivity index (χ0v) is 25.8. The third-order valence-corrected chi connectivity index (χ3v) is 6.51. The smallest absolute Gasteiger partial charge is 0.408 e. The van der Waals surface area contributed by atoms with Gasteiger partial charge in [-0.3, -0.25) is 14.4 Å². The number of nitrogens with zero attached hydrogens (tertiary/aromatic N) is 1. The first-order chi connectivity index (χ1) is 20.4. The molecule has 2 rings (SSSR count). The molecule has 2 aromatic rings. The standard InChI is InChI=1S/C33H44N4O6/c1-7-9-10-11-14-21-37(31(40)27(22-28(34)38)36-32(41)43-33(3,4)5)29(26-16-13-12-15-23(26)8-2)30(39)35-24-17-19-25(42-6)20-18-24/h2,12-13,15-20,27,29H,7,9-11,14,21-22H2,1,3-6H3,(H2,34,38)(H,35,39)(H,36,41). The molecule has 232 valence electrons. The van der Waals surface area contributed by atoms with Crippen LogP contribution in [0.4, 0.5) is 10.5 Å². The molecule has 2 atom stereocenters. The second-order valence-corrected chi connectivity index (χ2v) is 11.2. The van der Waals surface area contributed by atoms with Gasteiger partial charge >= 0.3 is 6.09 Å². The molecule has 10 nitrogen and oxygen atoms in total.